The molecule has 1 aromatic rings. The lowest BCUT2D eigenvalue weighted by molar-refractivity contribution is -0.148. The number of carbonyl (C=O) groups excluding carboxylic acids is 2. The van der Waals surface area contributed by atoms with Crippen molar-refractivity contribution in [2.75, 3.05) is 0 Å². The zero-order chi connectivity index (χ0) is 10.3. The Hall–Kier alpha value is -1.78. The molecule has 0 saturated carbocycles. The van der Waals surface area contributed by atoms with Gasteiger partial charge >= 0.3 is 5.97 Å². The van der Waals surface area contributed by atoms with E-state index >= 15 is 0 Å². The first-order valence-electron chi connectivity index (χ1n) is 3.81. The second kappa shape index (κ2) is 2.87. The topological polar surface area (TPSA) is 43.4 Å². The third-order valence-electron chi connectivity index (χ3n) is 1.92. The van der Waals surface area contributed by atoms with Crippen molar-refractivity contribution in [3.63, 3.8) is 0 Å². The molecule has 0 saturated heterocycles. The molecule has 0 amide bonds. The molecule has 0 spiro atoms. The van der Waals surface area contributed by atoms with Crippen molar-refractivity contribution in [3.8, 4) is 5.75 Å². The second-order valence-corrected chi connectivity index (χ2v) is 2.83. The molecule has 14 heavy (non-hydrogen) atoms. The van der Waals surface area contributed by atoms with Crippen molar-refractivity contribution in [1.82, 2.24) is 0 Å². The minimum absolute atomic E-state index is 0.199. The summed E-state index contributed by atoms with van der Waals surface area (Å²) in [4.78, 5) is 21.6. The van der Waals surface area contributed by atoms with Crippen LogP contribution >= 0.6 is 0 Å². The van der Waals surface area contributed by atoms with Gasteiger partial charge in [-0.2, -0.15) is 0 Å². The molecule has 0 radical (unpaired) electrons. The summed E-state index contributed by atoms with van der Waals surface area (Å²) in [5.74, 6) is -4.09. The van der Waals surface area contributed by atoms with Crippen molar-refractivity contribution in [2.24, 2.45) is 0 Å². The van der Waals surface area contributed by atoms with Gasteiger partial charge in [0.1, 0.15) is 5.82 Å². The van der Waals surface area contributed by atoms with Crippen LogP contribution in [0.25, 0.3) is 0 Å². The number of ketones is 1. The highest BCUT2D eigenvalue weighted by molar-refractivity contribution is 6.35. The average molecular weight is 198 g/mol. The molecule has 0 atom stereocenters. The molecule has 1 heterocycles. The maximum absolute atomic E-state index is 13.0. The van der Waals surface area contributed by atoms with Crippen molar-refractivity contribution in [1.29, 1.82) is 0 Å². The molecule has 0 unspecified atom stereocenters. The van der Waals surface area contributed by atoms with Gasteiger partial charge in [0.05, 0.1) is 0 Å². The van der Waals surface area contributed by atoms with E-state index in [1.54, 1.807) is 0 Å². The summed E-state index contributed by atoms with van der Waals surface area (Å²) in [6, 6.07) is 1.73. The fraction of sp³-hybridized carbons (Fsp3) is 0.111. The molecule has 0 aliphatic carbocycles. The first kappa shape index (κ1) is 8.80. The van der Waals surface area contributed by atoms with Crippen LogP contribution < -0.4 is 4.74 Å². The third-order valence-corrected chi connectivity index (χ3v) is 1.92. The van der Waals surface area contributed by atoms with Crippen molar-refractivity contribution < 1.29 is 23.1 Å². The molecule has 3 nitrogen and oxygen atoms in total. The van der Waals surface area contributed by atoms with Crippen LogP contribution in [-0.4, -0.2) is 11.8 Å². The van der Waals surface area contributed by atoms with Gasteiger partial charge in [-0.3, -0.25) is 4.79 Å². The Morgan fingerprint density at radius 3 is 2.50 bits per heavy atom. The van der Waals surface area contributed by atoms with E-state index in [9.17, 15) is 18.4 Å². The van der Waals surface area contributed by atoms with Crippen LogP contribution in [-0.2, 0) is 16.0 Å². The molecule has 1 aliphatic rings. The van der Waals surface area contributed by atoms with E-state index in [2.05, 4.69) is 4.74 Å². The van der Waals surface area contributed by atoms with Crippen LogP contribution in [0.5, 0.6) is 5.75 Å². The van der Waals surface area contributed by atoms with Gasteiger partial charge in [0.25, 0.3) is 0 Å². The summed E-state index contributed by atoms with van der Waals surface area (Å²) >= 11 is 0. The Labute approximate surface area is 77.3 Å². The number of rotatable bonds is 0. The van der Waals surface area contributed by atoms with Crippen molar-refractivity contribution >= 4 is 11.8 Å². The fourth-order valence-corrected chi connectivity index (χ4v) is 1.23. The Morgan fingerprint density at radius 2 is 1.79 bits per heavy atom. The molecular formula is C9H4F2O3. The predicted octanol–water partition coefficient (Wildman–Crippen LogP) is 0.995. The molecule has 2 rings (SSSR count). The number of Topliss-reactive ketones (excluding diaryl/α,β-unsaturated/α-hetero) is 1. The maximum Gasteiger partial charge on any atom is 0.380 e. The maximum atomic E-state index is 13.0. The highest BCUT2D eigenvalue weighted by Gasteiger charge is 2.30. The zero-order valence-electron chi connectivity index (χ0n) is 6.84. The number of benzene rings is 1. The minimum Gasteiger partial charge on any atom is -0.417 e. The molecule has 0 N–H and O–H groups in total. The Bertz CT molecular complexity index is 399. The summed E-state index contributed by atoms with van der Waals surface area (Å²) in [6.07, 6.45) is -0.447. The number of carbonyl (C=O) groups is 2. The van der Waals surface area contributed by atoms with Gasteiger partial charge in [0.2, 0.25) is 5.78 Å². The smallest absolute Gasteiger partial charge is 0.380 e. The van der Waals surface area contributed by atoms with Crippen molar-refractivity contribution in [2.45, 2.75) is 6.42 Å². The van der Waals surface area contributed by atoms with Gasteiger partial charge in [-0.1, -0.05) is 0 Å². The SMILES string of the molecule is O=C1Cc2c(F)ccc(F)c2OC1=O. The standard InChI is InChI=1S/C9H4F2O3/c10-5-1-2-6(11)8-4(5)3-7(12)9(13)14-8/h1-2H,3H2. The highest BCUT2D eigenvalue weighted by Crippen LogP contribution is 2.29. The van der Waals surface area contributed by atoms with Crippen LogP contribution in [0.2, 0.25) is 0 Å². The number of hydrogen-bond acceptors (Lipinski definition) is 3. The summed E-state index contributed by atoms with van der Waals surface area (Å²) < 4.78 is 30.4. The summed E-state index contributed by atoms with van der Waals surface area (Å²) in [5.41, 5.74) is -0.199. The third kappa shape index (κ3) is 1.17. The van der Waals surface area contributed by atoms with Gasteiger partial charge in [-0.15, -0.1) is 0 Å². The Balaban J connectivity index is 2.61. The first-order valence-corrected chi connectivity index (χ1v) is 3.81. The summed E-state index contributed by atoms with van der Waals surface area (Å²) in [6.45, 7) is 0. The molecule has 1 aromatic carbocycles. The van der Waals surface area contributed by atoms with Gasteiger partial charge in [0, 0.05) is 12.0 Å². The van der Waals surface area contributed by atoms with Gasteiger partial charge in [-0.25, -0.2) is 13.6 Å². The van der Waals surface area contributed by atoms with Gasteiger partial charge < -0.3 is 4.74 Å². The first-order chi connectivity index (χ1) is 6.59. The van der Waals surface area contributed by atoms with E-state index in [1.807, 2.05) is 0 Å². The zero-order valence-corrected chi connectivity index (χ0v) is 6.84. The number of fused-ring (bicyclic) bond motifs is 1. The number of ether oxygens (including phenoxy) is 1. The number of hydrogen-bond donors (Lipinski definition) is 0. The predicted molar refractivity (Wildman–Crippen MR) is 40.7 cm³/mol. The van der Waals surface area contributed by atoms with Crippen LogP contribution in [0.1, 0.15) is 5.56 Å². The van der Waals surface area contributed by atoms with Gasteiger partial charge in [0.15, 0.2) is 11.6 Å². The largest absolute Gasteiger partial charge is 0.417 e. The van der Waals surface area contributed by atoms with Crippen molar-refractivity contribution in [3.05, 3.63) is 29.3 Å². The second-order valence-electron chi connectivity index (χ2n) is 2.83. The lowest BCUT2D eigenvalue weighted by Gasteiger charge is -2.15. The Kier molecular flexibility index (Phi) is 1.80. The fourth-order valence-electron chi connectivity index (χ4n) is 1.23. The normalized spacial score (nSPS) is 15.0. The lowest BCUT2D eigenvalue weighted by atomic mass is 10.0. The Morgan fingerprint density at radius 1 is 1.14 bits per heavy atom. The van der Waals surface area contributed by atoms with Gasteiger partial charge in [-0.05, 0) is 12.1 Å². The molecule has 0 bridgehead atoms. The van der Waals surface area contributed by atoms with Crippen LogP contribution in [0.15, 0.2) is 12.1 Å². The van der Waals surface area contributed by atoms with E-state index in [0.717, 1.165) is 12.1 Å². The lowest BCUT2D eigenvalue weighted by Crippen LogP contribution is -2.28. The van der Waals surface area contributed by atoms with E-state index < -0.39 is 35.6 Å². The van der Waals surface area contributed by atoms with Crippen LogP contribution in [0.3, 0.4) is 0 Å². The molecular weight excluding hydrogens is 194 g/mol. The molecule has 0 aromatic heterocycles. The molecule has 72 valence electrons. The van der Waals surface area contributed by atoms with E-state index in [0.29, 0.717) is 0 Å². The molecule has 5 heteroatoms. The number of esters is 1. The van der Waals surface area contributed by atoms with Crippen LogP contribution in [0, 0.1) is 11.6 Å². The van der Waals surface area contributed by atoms with E-state index in [4.69, 9.17) is 0 Å². The average Bonchev–Trinajstić information content (AvgIpc) is 2.15. The molecule has 0 fully saturated rings. The summed E-state index contributed by atoms with van der Waals surface area (Å²) in [7, 11) is 0. The van der Waals surface area contributed by atoms with Crippen LogP contribution in [0.4, 0.5) is 8.78 Å². The summed E-state index contributed by atoms with van der Waals surface area (Å²) in [5, 5.41) is 0. The quantitative estimate of drug-likeness (QED) is 0.354. The number of halogens is 2. The molecule has 1 aliphatic heterocycles. The van der Waals surface area contributed by atoms with E-state index in [1.165, 1.54) is 0 Å². The monoisotopic (exact) mass is 198 g/mol. The highest BCUT2D eigenvalue weighted by atomic mass is 19.1. The minimum atomic E-state index is -1.15. The van der Waals surface area contributed by atoms with E-state index in [-0.39, 0.29) is 5.56 Å².